The maximum Gasteiger partial charge on any atom is 0.470 e. The van der Waals surface area contributed by atoms with E-state index >= 15 is 0 Å². The first kappa shape index (κ1) is 35.0. The molecule has 5 atom stereocenters. The summed E-state index contributed by atoms with van der Waals surface area (Å²) >= 11 is 0. The first-order valence-corrected chi connectivity index (χ1v) is 17.9. The summed E-state index contributed by atoms with van der Waals surface area (Å²) in [4.78, 5) is 20.5. The molecule has 1 spiro atoms. The third-order valence-corrected chi connectivity index (χ3v) is 9.90. The van der Waals surface area contributed by atoms with Gasteiger partial charge >= 0.3 is 7.82 Å². The molecule has 15 heteroatoms. The number of ether oxygens (including phenoxy) is 4. The first-order valence-electron chi connectivity index (χ1n) is 16.3. The number of aromatic nitrogens is 3. The quantitative estimate of drug-likeness (QED) is 0.164. The van der Waals surface area contributed by atoms with Crippen LogP contribution in [0.2, 0.25) is 0 Å². The molecule has 50 heavy (non-hydrogen) atoms. The molecule has 4 aromatic rings. The number of benzene rings is 3. The van der Waals surface area contributed by atoms with E-state index in [1.807, 2.05) is 60.7 Å². The Kier molecular flexibility index (Phi) is 9.27. The summed E-state index contributed by atoms with van der Waals surface area (Å²) in [6.07, 6.45) is -0.0435. The van der Waals surface area contributed by atoms with Crippen LogP contribution in [-0.2, 0) is 40.9 Å². The summed E-state index contributed by atoms with van der Waals surface area (Å²) in [5.41, 5.74) is 0.584. The molecule has 2 N–H and O–H groups in total. The Labute approximate surface area is 286 Å². The number of fused-ring (bicyclic) bond motifs is 1. The van der Waals surface area contributed by atoms with E-state index in [-0.39, 0.29) is 24.3 Å². The fourth-order valence-corrected chi connectivity index (χ4v) is 8.14. The minimum absolute atomic E-state index is 0.0365. The monoisotopic (exact) mass is 715 g/mol. The topological polar surface area (TPSA) is 134 Å². The largest absolute Gasteiger partial charge is 0.470 e. The average molecular weight is 716 g/mol. The van der Waals surface area contributed by atoms with Gasteiger partial charge in [-0.2, -0.15) is 0 Å². The van der Waals surface area contributed by atoms with E-state index in [0.717, 1.165) is 23.3 Å². The fourth-order valence-electron chi connectivity index (χ4n) is 7.56. The molecule has 11 nitrogen and oxygen atoms in total. The molecule has 0 saturated carbocycles. The summed E-state index contributed by atoms with van der Waals surface area (Å²) in [5, 5.41) is 8.40. The van der Waals surface area contributed by atoms with Gasteiger partial charge in [-0.3, -0.25) is 4.52 Å². The van der Waals surface area contributed by atoms with Crippen LogP contribution in [0.3, 0.4) is 0 Å². The smallest absolute Gasteiger partial charge is 0.347 e. The van der Waals surface area contributed by atoms with Gasteiger partial charge in [0, 0.05) is 24.8 Å². The molecule has 0 bridgehead atoms. The number of rotatable bonds is 8. The Balaban J connectivity index is 1.42. The highest BCUT2D eigenvalue weighted by Crippen LogP contribution is 2.56. The maximum atomic E-state index is 14.3. The van der Waals surface area contributed by atoms with Crippen molar-refractivity contribution in [1.82, 2.24) is 15.0 Å². The molecule has 0 aliphatic carbocycles. The third kappa shape index (κ3) is 6.91. The van der Waals surface area contributed by atoms with Crippen LogP contribution in [-0.4, -0.2) is 66.9 Å². The number of phosphoric acid groups is 1. The normalized spacial score (nSPS) is 27.6. The molecule has 266 valence electrons. The van der Waals surface area contributed by atoms with Gasteiger partial charge in [-0.1, -0.05) is 65.9 Å². The third-order valence-electron chi connectivity index (χ3n) is 9.40. The summed E-state index contributed by atoms with van der Waals surface area (Å²) in [6, 6.07) is 19.8. The lowest BCUT2D eigenvalue weighted by Crippen LogP contribution is -2.75. The Morgan fingerprint density at radius 1 is 0.940 bits per heavy atom. The highest BCUT2D eigenvalue weighted by Gasteiger charge is 2.67. The number of halogens is 3. The van der Waals surface area contributed by atoms with Crippen molar-refractivity contribution in [2.24, 2.45) is 0 Å². The molecule has 0 unspecified atom stereocenters. The molecule has 4 heterocycles. The van der Waals surface area contributed by atoms with Crippen molar-refractivity contribution >= 4 is 7.82 Å². The maximum absolute atomic E-state index is 14.3. The summed E-state index contributed by atoms with van der Waals surface area (Å²) in [5.74, 6) is -7.47. The van der Waals surface area contributed by atoms with E-state index in [1.54, 1.807) is 13.8 Å². The molecule has 7 rings (SSSR count). The Morgan fingerprint density at radius 3 is 2.12 bits per heavy atom. The molecule has 1 aromatic heterocycles. The second-order valence-corrected chi connectivity index (χ2v) is 14.7. The number of hydrogen-bond donors (Lipinski definition) is 2. The van der Waals surface area contributed by atoms with E-state index < -0.39 is 66.8 Å². The Morgan fingerprint density at radius 2 is 1.56 bits per heavy atom. The minimum Gasteiger partial charge on any atom is -0.347 e. The van der Waals surface area contributed by atoms with Gasteiger partial charge in [0.25, 0.3) is 0 Å². The van der Waals surface area contributed by atoms with Gasteiger partial charge in [0.1, 0.15) is 35.6 Å². The van der Waals surface area contributed by atoms with Crippen molar-refractivity contribution in [3.05, 3.63) is 108 Å². The van der Waals surface area contributed by atoms with Crippen LogP contribution in [0.4, 0.5) is 13.2 Å². The molecular formula is C35H37F3N3O8P. The van der Waals surface area contributed by atoms with Crippen LogP contribution in [0, 0.1) is 17.5 Å². The summed E-state index contributed by atoms with van der Waals surface area (Å²) in [7, 11) is -5.22. The van der Waals surface area contributed by atoms with Gasteiger partial charge in [-0.05, 0) is 49.9 Å². The van der Waals surface area contributed by atoms with E-state index in [0.29, 0.717) is 25.7 Å². The van der Waals surface area contributed by atoms with Crippen LogP contribution in [0.1, 0.15) is 50.3 Å². The molecule has 3 fully saturated rings. The molecule has 3 aliphatic heterocycles. The second kappa shape index (κ2) is 13.3. The summed E-state index contributed by atoms with van der Waals surface area (Å²) < 4.78 is 88.8. The standard InChI is InChI=1S/C35H37F3N3O8P/c1-33(2)46-30-29(41-21-27(39-40-41)24-17-25(36)28(38)26(37)18-24)31(48-50(42,43)44)35(15-9-10-16-45-35)47-32(30)34(49-33,19-22-11-5-3-6-12-22)20-23-13-7-4-8-14-23/h3-8,11-14,17-18,21,29-32H,9-10,15-16,19-20H2,1-2H3,(H2,42,43,44)/t29-,30+,31+,32+,35-/m0/s1. The van der Waals surface area contributed by atoms with Crippen LogP contribution in [0.5, 0.6) is 0 Å². The molecular weight excluding hydrogens is 678 g/mol. The highest BCUT2D eigenvalue weighted by molar-refractivity contribution is 7.46. The zero-order chi connectivity index (χ0) is 35.3. The molecule has 3 aromatic carbocycles. The number of nitrogens with zero attached hydrogens (tertiary/aromatic N) is 3. The lowest BCUT2D eigenvalue weighted by atomic mass is 9.74. The van der Waals surface area contributed by atoms with Crippen LogP contribution < -0.4 is 0 Å². The molecule has 0 radical (unpaired) electrons. The minimum atomic E-state index is -5.22. The van der Waals surface area contributed by atoms with Crippen molar-refractivity contribution in [2.45, 2.75) is 87.5 Å². The second-order valence-electron chi connectivity index (χ2n) is 13.5. The zero-order valence-corrected chi connectivity index (χ0v) is 28.2. The van der Waals surface area contributed by atoms with E-state index in [2.05, 4.69) is 10.3 Å². The van der Waals surface area contributed by atoms with Gasteiger partial charge in [0.15, 0.2) is 29.0 Å². The SMILES string of the molecule is CC1(C)O[C@@H]2[C@H](n3cc(-c4cc(F)c(F)c(F)c4)nn3)[C@@H](OP(=O)(O)O)[C@]3(CCCCO3)O[C@H]2C(Cc2ccccc2)(Cc2ccccc2)O1. The molecule has 3 saturated heterocycles. The van der Waals surface area contributed by atoms with E-state index in [1.165, 1.54) is 10.9 Å². The highest BCUT2D eigenvalue weighted by atomic mass is 31.2. The van der Waals surface area contributed by atoms with Gasteiger partial charge in [-0.15, -0.1) is 5.10 Å². The lowest BCUT2D eigenvalue weighted by molar-refractivity contribution is -0.447. The average Bonchev–Trinajstić information content (AvgIpc) is 3.55. The van der Waals surface area contributed by atoms with E-state index in [9.17, 15) is 27.5 Å². The van der Waals surface area contributed by atoms with Crippen molar-refractivity contribution in [3.8, 4) is 11.3 Å². The van der Waals surface area contributed by atoms with Crippen LogP contribution in [0.15, 0.2) is 79.0 Å². The Hall–Kier alpha value is -3.46. The molecule has 3 aliphatic rings. The van der Waals surface area contributed by atoms with Crippen molar-refractivity contribution in [2.75, 3.05) is 6.61 Å². The van der Waals surface area contributed by atoms with Gasteiger partial charge in [0.05, 0.1) is 12.8 Å². The van der Waals surface area contributed by atoms with Gasteiger partial charge in [0.2, 0.25) is 0 Å². The van der Waals surface area contributed by atoms with Gasteiger partial charge in [-0.25, -0.2) is 22.4 Å². The van der Waals surface area contributed by atoms with Crippen molar-refractivity contribution in [3.63, 3.8) is 0 Å². The predicted octanol–water partition coefficient (Wildman–Crippen LogP) is 6.05. The fraction of sp³-hybridized carbons (Fsp3) is 0.429. The Bertz CT molecular complexity index is 1800. The first-order chi connectivity index (χ1) is 23.8. The lowest BCUT2D eigenvalue weighted by Gasteiger charge is -2.61. The van der Waals surface area contributed by atoms with Crippen molar-refractivity contribution < 1.29 is 51.0 Å². The summed E-state index contributed by atoms with van der Waals surface area (Å²) in [6.45, 7) is 3.68. The number of hydrogen-bond acceptors (Lipinski definition) is 8. The molecule has 0 amide bonds. The van der Waals surface area contributed by atoms with Crippen LogP contribution >= 0.6 is 7.82 Å². The zero-order valence-electron chi connectivity index (χ0n) is 27.3. The van der Waals surface area contributed by atoms with Gasteiger partial charge < -0.3 is 28.7 Å². The van der Waals surface area contributed by atoms with Crippen LogP contribution in [0.25, 0.3) is 11.3 Å². The van der Waals surface area contributed by atoms with E-state index in [4.69, 9.17) is 23.5 Å². The van der Waals surface area contributed by atoms with Crippen molar-refractivity contribution in [1.29, 1.82) is 0 Å². The predicted molar refractivity (Wildman–Crippen MR) is 172 cm³/mol. The number of phosphoric ester groups is 1.